The molecule has 3 rings (SSSR count). The number of nitrogens with two attached hydrogens (primary N) is 1. The summed E-state index contributed by atoms with van der Waals surface area (Å²) in [5.74, 6) is 0.589. The van der Waals surface area contributed by atoms with E-state index in [1.807, 2.05) is 12.1 Å². The van der Waals surface area contributed by atoms with Crippen LogP contribution in [0.15, 0.2) is 24.5 Å². The van der Waals surface area contributed by atoms with Gasteiger partial charge in [-0.05, 0) is 49.0 Å². The van der Waals surface area contributed by atoms with Crippen molar-refractivity contribution in [3.8, 4) is 11.1 Å². The lowest BCUT2D eigenvalue weighted by Crippen LogP contribution is -2.47. The van der Waals surface area contributed by atoms with Crippen molar-refractivity contribution in [1.82, 2.24) is 9.36 Å². The van der Waals surface area contributed by atoms with E-state index in [-0.39, 0.29) is 5.60 Å². The summed E-state index contributed by atoms with van der Waals surface area (Å²) in [5, 5.41) is 1.13. The second-order valence-corrected chi connectivity index (χ2v) is 6.41. The van der Waals surface area contributed by atoms with Gasteiger partial charge >= 0.3 is 0 Å². The summed E-state index contributed by atoms with van der Waals surface area (Å²) in [6.07, 6.45) is 5.76. The number of rotatable bonds is 3. The first-order chi connectivity index (χ1) is 10.1. The van der Waals surface area contributed by atoms with Gasteiger partial charge in [0.2, 0.25) is 0 Å². The maximum Gasteiger partial charge on any atom is 0.147 e. The first kappa shape index (κ1) is 14.3. The predicted octanol–water partition coefficient (Wildman–Crippen LogP) is 2.79. The molecule has 0 bridgehead atoms. The van der Waals surface area contributed by atoms with Crippen LogP contribution in [0.25, 0.3) is 11.1 Å². The molecule has 1 aliphatic heterocycles. The Morgan fingerprint density at radius 3 is 2.86 bits per heavy atom. The molecule has 21 heavy (non-hydrogen) atoms. The molecule has 1 saturated heterocycles. The van der Waals surface area contributed by atoms with Gasteiger partial charge in [0.15, 0.2) is 0 Å². The molecular formula is C15H20N4OS. The number of hydrogen-bond donors (Lipinski definition) is 1. The zero-order valence-electron chi connectivity index (χ0n) is 12.4. The quantitative estimate of drug-likeness (QED) is 0.944. The Morgan fingerprint density at radius 1 is 1.38 bits per heavy atom. The second kappa shape index (κ2) is 5.61. The molecule has 3 heterocycles. The highest BCUT2D eigenvalue weighted by atomic mass is 32.1. The van der Waals surface area contributed by atoms with Crippen LogP contribution >= 0.6 is 11.5 Å². The average molecular weight is 304 g/mol. The molecule has 5 nitrogen and oxygen atoms in total. The molecular weight excluding hydrogens is 284 g/mol. The van der Waals surface area contributed by atoms with Crippen molar-refractivity contribution in [1.29, 1.82) is 0 Å². The monoisotopic (exact) mass is 304 g/mol. The molecule has 0 spiro atoms. The Morgan fingerprint density at radius 2 is 2.14 bits per heavy atom. The lowest BCUT2D eigenvalue weighted by Gasteiger charge is -2.40. The Balaban J connectivity index is 1.97. The number of methoxy groups -OCH3 is 1. The van der Waals surface area contributed by atoms with Crippen molar-refractivity contribution >= 4 is 22.4 Å². The van der Waals surface area contributed by atoms with E-state index in [0.29, 0.717) is 5.82 Å². The molecule has 1 unspecified atom stereocenters. The van der Waals surface area contributed by atoms with Crippen molar-refractivity contribution in [2.24, 2.45) is 0 Å². The largest absolute Gasteiger partial charge is 0.382 e. The molecule has 2 aromatic rings. The number of aromatic nitrogens is 2. The van der Waals surface area contributed by atoms with E-state index in [1.165, 1.54) is 11.5 Å². The van der Waals surface area contributed by atoms with E-state index in [4.69, 9.17) is 10.5 Å². The van der Waals surface area contributed by atoms with Gasteiger partial charge in [-0.15, -0.1) is 0 Å². The molecule has 0 aromatic carbocycles. The minimum atomic E-state index is -0.105. The van der Waals surface area contributed by atoms with Crippen molar-refractivity contribution < 1.29 is 4.74 Å². The molecule has 0 amide bonds. The van der Waals surface area contributed by atoms with Crippen LogP contribution in [0.5, 0.6) is 0 Å². The average Bonchev–Trinajstić information content (AvgIpc) is 2.90. The minimum absolute atomic E-state index is 0.105. The lowest BCUT2D eigenvalue weighted by molar-refractivity contribution is -0.00449. The van der Waals surface area contributed by atoms with E-state index in [0.717, 1.165) is 42.1 Å². The van der Waals surface area contributed by atoms with Crippen LogP contribution in [0, 0.1) is 0 Å². The fourth-order valence-electron chi connectivity index (χ4n) is 2.84. The second-order valence-electron chi connectivity index (χ2n) is 5.66. The predicted molar refractivity (Wildman–Crippen MR) is 86.6 cm³/mol. The maximum atomic E-state index is 6.10. The van der Waals surface area contributed by atoms with Gasteiger partial charge in [-0.25, -0.2) is 0 Å². The highest BCUT2D eigenvalue weighted by Crippen LogP contribution is 2.41. The number of anilines is 2. The molecule has 1 aliphatic rings. The van der Waals surface area contributed by atoms with Crippen LogP contribution in [0.1, 0.15) is 19.8 Å². The number of ether oxygens (including phenoxy) is 1. The van der Waals surface area contributed by atoms with E-state index < -0.39 is 0 Å². The van der Waals surface area contributed by atoms with Crippen molar-refractivity contribution in [2.45, 2.75) is 25.4 Å². The molecule has 112 valence electrons. The first-order valence-corrected chi connectivity index (χ1v) is 7.86. The highest BCUT2D eigenvalue weighted by Gasteiger charge is 2.33. The first-order valence-electron chi connectivity index (χ1n) is 7.08. The van der Waals surface area contributed by atoms with Gasteiger partial charge in [-0.3, -0.25) is 4.98 Å². The zero-order chi connectivity index (χ0) is 14.9. The van der Waals surface area contributed by atoms with Crippen molar-refractivity contribution in [3.63, 3.8) is 0 Å². The van der Waals surface area contributed by atoms with Crippen LogP contribution in [0.3, 0.4) is 0 Å². The lowest BCUT2D eigenvalue weighted by atomic mass is 9.94. The zero-order valence-corrected chi connectivity index (χ0v) is 13.2. The van der Waals surface area contributed by atoms with Gasteiger partial charge in [0, 0.05) is 32.6 Å². The number of piperidine rings is 1. The Bertz CT molecular complexity index is 615. The third kappa shape index (κ3) is 2.73. The topological polar surface area (TPSA) is 64.3 Å². The molecule has 1 atom stereocenters. The Kier molecular flexibility index (Phi) is 3.82. The summed E-state index contributed by atoms with van der Waals surface area (Å²) >= 11 is 1.46. The summed E-state index contributed by atoms with van der Waals surface area (Å²) in [4.78, 5) is 6.42. The number of nitrogens with zero attached hydrogens (tertiary/aromatic N) is 3. The van der Waals surface area contributed by atoms with Gasteiger partial charge in [-0.2, -0.15) is 4.37 Å². The molecule has 6 heteroatoms. The summed E-state index contributed by atoms with van der Waals surface area (Å²) in [7, 11) is 1.79. The van der Waals surface area contributed by atoms with Gasteiger partial charge in [0.05, 0.1) is 11.2 Å². The minimum Gasteiger partial charge on any atom is -0.382 e. The number of hydrogen-bond acceptors (Lipinski definition) is 6. The van der Waals surface area contributed by atoms with Crippen LogP contribution in [0.4, 0.5) is 10.8 Å². The smallest absolute Gasteiger partial charge is 0.147 e. The fourth-order valence-corrected chi connectivity index (χ4v) is 3.71. The van der Waals surface area contributed by atoms with Crippen LogP contribution in [-0.4, -0.2) is 35.2 Å². The third-order valence-electron chi connectivity index (χ3n) is 4.11. The van der Waals surface area contributed by atoms with Gasteiger partial charge in [0.1, 0.15) is 10.8 Å². The summed E-state index contributed by atoms with van der Waals surface area (Å²) in [6, 6.07) is 3.95. The van der Waals surface area contributed by atoms with Gasteiger partial charge < -0.3 is 15.4 Å². The van der Waals surface area contributed by atoms with Crippen LogP contribution in [0.2, 0.25) is 0 Å². The highest BCUT2D eigenvalue weighted by molar-refractivity contribution is 7.11. The van der Waals surface area contributed by atoms with E-state index in [2.05, 4.69) is 21.2 Å². The maximum absolute atomic E-state index is 6.10. The van der Waals surface area contributed by atoms with E-state index >= 15 is 0 Å². The van der Waals surface area contributed by atoms with Crippen molar-refractivity contribution in [2.75, 3.05) is 30.8 Å². The summed E-state index contributed by atoms with van der Waals surface area (Å²) in [5.41, 5.74) is 8.08. The van der Waals surface area contributed by atoms with Crippen LogP contribution < -0.4 is 10.6 Å². The van der Waals surface area contributed by atoms with Crippen molar-refractivity contribution in [3.05, 3.63) is 24.5 Å². The molecule has 0 radical (unpaired) electrons. The standard InChI is InChI=1S/C15H20N4OS/c1-15(20-2)6-3-9-19(10-15)14-12(13(16)18-21-14)11-4-7-17-8-5-11/h4-5,7-8H,3,6,9-10H2,1-2H3,(H2,16,18). The van der Waals surface area contributed by atoms with E-state index in [9.17, 15) is 0 Å². The molecule has 1 fully saturated rings. The van der Waals surface area contributed by atoms with Gasteiger partial charge in [0.25, 0.3) is 0 Å². The number of nitrogen functional groups attached to an aromatic ring is 1. The molecule has 0 saturated carbocycles. The van der Waals surface area contributed by atoms with E-state index in [1.54, 1.807) is 19.5 Å². The molecule has 2 aromatic heterocycles. The summed E-state index contributed by atoms with van der Waals surface area (Å²) < 4.78 is 10.0. The Labute approximate surface area is 128 Å². The molecule has 2 N–H and O–H groups in total. The normalized spacial score (nSPS) is 22.5. The summed E-state index contributed by atoms with van der Waals surface area (Å²) in [6.45, 7) is 4.04. The van der Waals surface area contributed by atoms with Gasteiger partial charge in [-0.1, -0.05) is 0 Å². The third-order valence-corrected chi connectivity index (χ3v) is 5.03. The Hall–Kier alpha value is -1.66. The molecule has 0 aliphatic carbocycles. The number of pyridine rings is 1. The SMILES string of the molecule is COC1(C)CCCN(c2snc(N)c2-c2ccncc2)C1. The van der Waals surface area contributed by atoms with Crippen LogP contribution in [-0.2, 0) is 4.74 Å². The fraction of sp³-hybridized carbons (Fsp3) is 0.467.